The highest BCUT2D eigenvalue weighted by molar-refractivity contribution is 4.71. The third-order valence-electron chi connectivity index (χ3n) is 2.96. The van der Waals surface area contributed by atoms with Crippen LogP contribution < -0.4 is 0 Å². The van der Waals surface area contributed by atoms with Gasteiger partial charge in [0.05, 0.1) is 0 Å². The van der Waals surface area contributed by atoms with Crippen LogP contribution in [0.1, 0.15) is 61.3 Å². The topological polar surface area (TPSA) is 3.24 Å². The van der Waals surface area contributed by atoms with Crippen molar-refractivity contribution >= 4 is 0 Å². The second-order valence-corrected chi connectivity index (χ2v) is 6.46. The van der Waals surface area contributed by atoms with Gasteiger partial charge in [-0.05, 0) is 37.6 Å². The first kappa shape index (κ1) is 15.0. The molecule has 0 N–H and O–H groups in total. The van der Waals surface area contributed by atoms with E-state index >= 15 is 0 Å². The van der Waals surface area contributed by atoms with Crippen molar-refractivity contribution in [3.63, 3.8) is 0 Å². The van der Waals surface area contributed by atoms with Crippen LogP contribution in [-0.2, 0) is 0 Å². The summed E-state index contributed by atoms with van der Waals surface area (Å²) in [5.74, 6) is 0.777. The van der Waals surface area contributed by atoms with Gasteiger partial charge in [-0.1, -0.05) is 41.5 Å². The molecule has 1 atom stereocenters. The molecule has 0 radical (unpaired) electrons. The van der Waals surface area contributed by atoms with Gasteiger partial charge in [-0.3, -0.25) is 0 Å². The standard InChI is InChI=1S/C14H31N/c1-8-13(4)15(11-12(2)3)10-9-14(5,6)7/h12-13H,8-11H2,1-7H3. The first-order chi connectivity index (χ1) is 6.76. The fourth-order valence-electron chi connectivity index (χ4n) is 1.70. The highest BCUT2D eigenvalue weighted by Gasteiger charge is 2.17. The number of hydrogen-bond donors (Lipinski definition) is 0. The van der Waals surface area contributed by atoms with Crippen LogP contribution in [0.2, 0.25) is 0 Å². The van der Waals surface area contributed by atoms with Crippen LogP contribution in [0.5, 0.6) is 0 Å². The summed E-state index contributed by atoms with van der Waals surface area (Å²) >= 11 is 0. The van der Waals surface area contributed by atoms with Crippen LogP contribution in [0.15, 0.2) is 0 Å². The van der Waals surface area contributed by atoms with Gasteiger partial charge < -0.3 is 4.90 Å². The van der Waals surface area contributed by atoms with Crippen molar-refractivity contribution in [1.82, 2.24) is 4.90 Å². The Bertz CT molecular complexity index is 155. The van der Waals surface area contributed by atoms with Gasteiger partial charge in [0.25, 0.3) is 0 Å². The highest BCUT2D eigenvalue weighted by Crippen LogP contribution is 2.20. The van der Waals surface area contributed by atoms with Crippen LogP contribution in [-0.4, -0.2) is 24.0 Å². The molecule has 0 aromatic heterocycles. The van der Waals surface area contributed by atoms with Crippen LogP contribution in [0.3, 0.4) is 0 Å². The molecule has 0 saturated carbocycles. The van der Waals surface area contributed by atoms with E-state index in [0.717, 1.165) is 12.0 Å². The van der Waals surface area contributed by atoms with Gasteiger partial charge in [-0.2, -0.15) is 0 Å². The van der Waals surface area contributed by atoms with Gasteiger partial charge in [0.1, 0.15) is 0 Å². The van der Waals surface area contributed by atoms with E-state index in [4.69, 9.17) is 0 Å². The molecule has 0 bridgehead atoms. The molecule has 0 aliphatic rings. The van der Waals surface area contributed by atoms with E-state index in [1.54, 1.807) is 0 Å². The average Bonchev–Trinajstić information content (AvgIpc) is 2.09. The zero-order valence-corrected chi connectivity index (χ0v) is 11.9. The van der Waals surface area contributed by atoms with Gasteiger partial charge in [0, 0.05) is 12.6 Å². The lowest BCUT2D eigenvalue weighted by atomic mass is 9.91. The van der Waals surface area contributed by atoms with Gasteiger partial charge >= 0.3 is 0 Å². The number of nitrogens with zero attached hydrogens (tertiary/aromatic N) is 1. The summed E-state index contributed by atoms with van der Waals surface area (Å²) in [5.41, 5.74) is 0.461. The van der Waals surface area contributed by atoms with E-state index in [-0.39, 0.29) is 0 Å². The highest BCUT2D eigenvalue weighted by atomic mass is 15.1. The summed E-state index contributed by atoms with van der Waals surface area (Å²) in [6, 6.07) is 0.731. The van der Waals surface area contributed by atoms with Gasteiger partial charge in [0.15, 0.2) is 0 Å². The Balaban J connectivity index is 4.13. The van der Waals surface area contributed by atoms with Crippen LogP contribution in [0.25, 0.3) is 0 Å². The maximum absolute atomic E-state index is 2.65. The SMILES string of the molecule is CCC(C)N(CCC(C)(C)C)CC(C)C. The summed E-state index contributed by atoms with van der Waals surface area (Å²) in [6.45, 7) is 18.7. The van der Waals surface area contributed by atoms with Crippen molar-refractivity contribution in [2.24, 2.45) is 11.3 Å². The molecule has 1 unspecified atom stereocenters. The predicted molar refractivity (Wildman–Crippen MR) is 70.2 cm³/mol. The van der Waals surface area contributed by atoms with Gasteiger partial charge in [-0.15, -0.1) is 0 Å². The molecular formula is C14H31N. The molecule has 0 aromatic rings. The predicted octanol–water partition coefficient (Wildman–Crippen LogP) is 4.18. The normalized spacial score (nSPS) is 15.0. The molecule has 0 amide bonds. The molecule has 0 heterocycles. The number of hydrogen-bond acceptors (Lipinski definition) is 1. The van der Waals surface area contributed by atoms with E-state index in [9.17, 15) is 0 Å². The third-order valence-corrected chi connectivity index (χ3v) is 2.96. The average molecular weight is 213 g/mol. The van der Waals surface area contributed by atoms with Crippen molar-refractivity contribution in [2.45, 2.75) is 67.3 Å². The van der Waals surface area contributed by atoms with Crippen molar-refractivity contribution in [2.75, 3.05) is 13.1 Å². The van der Waals surface area contributed by atoms with E-state index < -0.39 is 0 Å². The van der Waals surface area contributed by atoms with E-state index in [0.29, 0.717) is 5.41 Å². The molecule has 0 rings (SSSR count). The second-order valence-electron chi connectivity index (χ2n) is 6.46. The Hall–Kier alpha value is -0.0400. The van der Waals surface area contributed by atoms with Gasteiger partial charge in [0.2, 0.25) is 0 Å². The largest absolute Gasteiger partial charge is 0.300 e. The minimum atomic E-state index is 0.461. The maximum Gasteiger partial charge on any atom is 0.00644 e. The molecular weight excluding hydrogens is 182 g/mol. The van der Waals surface area contributed by atoms with Crippen molar-refractivity contribution in [3.8, 4) is 0 Å². The molecule has 0 fully saturated rings. The monoisotopic (exact) mass is 213 g/mol. The molecule has 0 aromatic carbocycles. The van der Waals surface area contributed by atoms with E-state index in [1.807, 2.05) is 0 Å². The Morgan fingerprint density at radius 2 is 1.60 bits per heavy atom. The Kier molecular flexibility index (Phi) is 6.51. The fourth-order valence-corrected chi connectivity index (χ4v) is 1.70. The lowest BCUT2D eigenvalue weighted by molar-refractivity contribution is 0.158. The summed E-state index contributed by atoms with van der Waals surface area (Å²) in [6.07, 6.45) is 2.56. The zero-order chi connectivity index (χ0) is 12.1. The van der Waals surface area contributed by atoms with Crippen LogP contribution in [0.4, 0.5) is 0 Å². The molecule has 0 aliphatic heterocycles. The quantitative estimate of drug-likeness (QED) is 0.640. The minimum absolute atomic E-state index is 0.461. The summed E-state index contributed by atoms with van der Waals surface area (Å²) in [5, 5.41) is 0. The zero-order valence-electron chi connectivity index (χ0n) is 11.9. The summed E-state index contributed by atoms with van der Waals surface area (Å²) < 4.78 is 0. The third kappa shape index (κ3) is 7.84. The first-order valence-corrected chi connectivity index (χ1v) is 6.50. The molecule has 1 nitrogen and oxygen atoms in total. The smallest absolute Gasteiger partial charge is 0.00644 e. The second kappa shape index (κ2) is 6.52. The Labute approximate surface area is 97.2 Å². The minimum Gasteiger partial charge on any atom is -0.300 e. The van der Waals surface area contributed by atoms with Crippen molar-refractivity contribution in [3.05, 3.63) is 0 Å². The molecule has 1 heteroatoms. The van der Waals surface area contributed by atoms with Crippen LogP contribution >= 0.6 is 0 Å². The molecule has 15 heavy (non-hydrogen) atoms. The molecule has 92 valence electrons. The molecule has 0 spiro atoms. The Morgan fingerprint density at radius 3 is 1.93 bits per heavy atom. The van der Waals surface area contributed by atoms with Gasteiger partial charge in [-0.25, -0.2) is 0 Å². The summed E-state index contributed by atoms with van der Waals surface area (Å²) in [7, 11) is 0. The number of rotatable bonds is 6. The fraction of sp³-hybridized carbons (Fsp3) is 1.00. The maximum atomic E-state index is 2.65. The molecule has 0 saturated heterocycles. The summed E-state index contributed by atoms with van der Waals surface area (Å²) in [4.78, 5) is 2.65. The lowest BCUT2D eigenvalue weighted by Gasteiger charge is -2.32. The van der Waals surface area contributed by atoms with E-state index in [1.165, 1.54) is 25.9 Å². The van der Waals surface area contributed by atoms with E-state index in [2.05, 4.69) is 53.4 Å². The van der Waals surface area contributed by atoms with Crippen LogP contribution in [0, 0.1) is 11.3 Å². The lowest BCUT2D eigenvalue weighted by Crippen LogP contribution is -2.37. The van der Waals surface area contributed by atoms with Crippen molar-refractivity contribution < 1.29 is 0 Å². The Morgan fingerprint density at radius 1 is 1.07 bits per heavy atom. The van der Waals surface area contributed by atoms with Crippen molar-refractivity contribution in [1.29, 1.82) is 0 Å². The molecule has 0 aliphatic carbocycles. The first-order valence-electron chi connectivity index (χ1n) is 6.50.